The van der Waals surface area contributed by atoms with Crippen LogP contribution in [0.2, 0.25) is 0 Å². The first kappa shape index (κ1) is 16.5. The summed E-state index contributed by atoms with van der Waals surface area (Å²) in [6.07, 6.45) is 2.07. The topological polar surface area (TPSA) is 55.8 Å². The highest BCUT2D eigenvalue weighted by atomic mass is 31.2. The monoisotopic (exact) mass is 329 g/mol. The molecule has 5 nitrogen and oxygen atoms in total. The molecular weight excluding hydrogens is 301 g/mol. The van der Waals surface area contributed by atoms with Gasteiger partial charge in [-0.2, -0.15) is 0 Å². The molecule has 3 aliphatic rings. The van der Waals surface area contributed by atoms with Crippen molar-refractivity contribution >= 4 is 13.5 Å². The molecule has 0 amide bonds. The zero-order chi connectivity index (χ0) is 16.5. The Morgan fingerprint density at radius 1 is 1.41 bits per heavy atom. The summed E-state index contributed by atoms with van der Waals surface area (Å²) in [5.74, 6) is 0.0177. The lowest BCUT2D eigenvalue weighted by atomic mass is 9.70. The van der Waals surface area contributed by atoms with Gasteiger partial charge in [-0.1, -0.05) is 20.8 Å². The first-order valence-electron chi connectivity index (χ1n) is 8.21. The van der Waals surface area contributed by atoms with E-state index < -0.39 is 13.5 Å². The Balaban J connectivity index is 2.01. The van der Waals surface area contributed by atoms with Crippen LogP contribution >= 0.6 is 7.52 Å². The van der Waals surface area contributed by atoms with Crippen molar-refractivity contribution in [3.63, 3.8) is 0 Å². The van der Waals surface area contributed by atoms with E-state index in [1.54, 1.807) is 0 Å². The summed E-state index contributed by atoms with van der Waals surface area (Å²) >= 11 is 0. The number of hydrogen-bond acceptors (Lipinski definition) is 4. The van der Waals surface area contributed by atoms with Gasteiger partial charge in [0.1, 0.15) is 6.16 Å². The Labute approximate surface area is 133 Å². The van der Waals surface area contributed by atoms with Crippen LogP contribution in [0.5, 0.6) is 0 Å². The summed E-state index contributed by atoms with van der Waals surface area (Å²) in [6, 6.07) is 0.244. The third-order valence-electron chi connectivity index (χ3n) is 6.75. The van der Waals surface area contributed by atoms with Gasteiger partial charge in [0, 0.05) is 17.5 Å². The molecule has 0 aromatic rings. The molecular formula is C16H28NO4P. The maximum absolute atomic E-state index is 13.4. The van der Waals surface area contributed by atoms with Crippen LogP contribution in [0.3, 0.4) is 0 Å². The minimum atomic E-state index is -3.16. The normalized spacial score (nSPS) is 46.2. The quantitative estimate of drug-likeness (QED) is 0.587. The molecule has 4 unspecified atom stereocenters. The van der Waals surface area contributed by atoms with E-state index >= 15 is 0 Å². The Morgan fingerprint density at radius 3 is 2.59 bits per heavy atom. The van der Waals surface area contributed by atoms with Crippen molar-refractivity contribution < 1.29 is 18.6 Å². The van der Waals surface area contributed by atoms with Crippen molar-refractivity contribution in [1.29, 1.82) is 0 Å². The molecule has 0 N–H and O–H groups in total. The molecule has 1 aliphatic heterocycles. The van der Waals surface area contributed by atoms with Crippen LogP contribution in [0.15, 0.2) is 0 Å². The average molecular weight is 329 g/mol. The predicted molar refractivity (Wildman–Crippen MR) is 84.7 cm³/mol. The first-order valence-corrected chi connectivity index (χ1v) is 9.98. The minimum absolute atomic E-state index is 0.0255. The van der Waals surface area contributed by atoms with E-state index in [2.05, 4.69) is 20.8 Å². The summed E-state index contributed by atoms with van der Waals surface area (Å²) < 4.78 is 26.4. The summed E-state index contributed by atoms with van der Waals surface area (Å²) in [7, 11) is -1.83. The zero-order valence-corrected chi connectivity index (χ0v) is 15.4. The van der Waals surface area contributed by atoms with Crippen molar-refractivity contribution in [3.05, 3.63) is 0 Å². The van der Waals surface area contributed by atoms with Gasteiger partial charge in [-0.15, -0.1) is 0 Å². The molecule has 1 heterocycles. The van der Waals surface area contributed by atoms with Gasteiger partial charge >= 0.3 is 5.97 Å². The third-order valence-corrected chi connectivity index (χ3v) is 9.39. The van der Waals surface area contributed by atoms with E-state index in [1.807, 2.05) is 18.5 Å². The average Bonchev–Trinajstić information content (AvgIpc) is 2.88. The predicted octanol–water partition coefficient (Wildman–Crippen LogP) is 3.29. The molecule has 126 valence electrons. The Morgan fingerprint density at radius 2 is 2.05 bits per heavy atom. The third kappa shape index (κ3) is 1.85. The number of carbonyl (C=O) groups excluding carboxylic acids is 1. The van der Waals surface area contributed by atoms with Crippen LogP contribution in [-0.2, 0) is 18.6 Å². The highest BCUT2D eigenvalue weighted by Gasteiger charge is 2.73. The van der Waals surface area contributed by atoms with Crippen molar-refractivity contribution in [2.24, 2.45) is 16.7 Å². The number of methoxy groups -OCH3 is 1. The molecule has 3 fully saturated rings. The van der Waals surface area contributed by atoms with E-state index in [4.69, 9.17) is 9.26 Å². The maximum atomic E-state index is 13.4. The SMILES string of the molecule is COC(=O)C[P@@]1(=O)OC2C(C3CCC2(C)C3(C)C)N1C(C)C. The number of esters is 1. The van der Waals surface area contributed by atoms with Gasteiger partial charge in [0.2, 0.25) is 0 Å². The van der Waals surface area contributed by atoms with Gasteiger partial charge in [-0.05, 0) is 38.0 Å². The van der Waals surface area contributed by atoms with Crippen molar-refractivity contribution in [3.8, 4) is 0 Å². The summed E-state index contributed by atoms with van der Waals surface area (Å²) in [4.78, 5) is 11.7. The van der Waals surface area contributed by atoms with Crippen molar-refractivity contribution in [2.75, 3.05) is 13.3 Å². The number of hydrogen-bond donors (Lipinski definition) is 0. The fourth-order valence-electron chi connectivity index (χ4n) is 5.24. The number of rotatable bonds is 3. The fourth-order valence-corrected chi connectivity index (χ4v) is 8.14. The smallest absolute Gasteiger partial charge is 0.316 e. The Hall–Kier alpha value is -0.380. The number of ether oxygens (including phenoxy) is 1. The highest BCUT2D eigenvalue weighted by Crippen LogP contribution is 2.76. The van der Waals surface area contributed by atoms with Crippen LogP contribution in [0, 0.1) is 16.7 Å². The number of nitrogens with zero attached hydrogens (tertiary/aromatic N) is 1. The van der Waals surface area contributed by atoms with Gasteiger partial charge in [0.15, 0.2) is 0 Å². The summed E-state index contributed by atoms with van der Waals surface area (Å²) in [5.41, 5.74) is 0.198. The largest absolute Gasteiger partial charge is 0.469 e. The van der Waals surface area contributed by atoms with E-state index in [0.29, 0.717) is 5.92 Å². The second-order valence-corrected chi connectivity index (χ2v) is 10.4. The zero-order valence-electron chi connectivity index (χ0n) is 14.5. The van der Waals surface area contributed by atoms with E-state index in [1.165, 1.54) is 7.11 Å². The Kier molecular flexibility index (Phi) is 3.60. The summed E-state index contributed by atoms with van der Waals surface area (Å²) in [6.45, 7) is 11.0. The molecule has 2 bridgehead atoms. The Bertz CT molecular complexity index is 546. The second kappa shape index (κ2) is 4.81. The van der Waals surface area contributed by atoms with E-state index in [0.717, 1.165) is 12.8 Å². The molecule has 6 heteroatoms. The first-order chi connectivity index (χ1) is 10.1. The molecule has 5 atom stereocenters. The summed E-state index contributed by atoms with van der Waals surface area (Å²) in [5, 5.41) is 0. The maximum Gasteiger partial charge on any atom is 0.316 e. The lowest BCUT2D eigenvalue weighted by Gasteiger charge is -2.38. The van der Waals surface area contributed by atoms with Crippen molar-refractivity contribution in [2.45, 2.75) is 65.6 Å². The number of carbonyl (C=O) groups is 1. The van der Waals surface area contributed by atoms with Gasteiger partial charge in [0.25, 0.3) is 7.52 Å². The van der Waals surface area contributed by atoms with E-state index in [9.17, 15) is 9.36 Å². The van der Waals surface area contributed by atoms with Crippen LogP contribution < -0.4 is 0 Å². The van der Waals surface area contributed by atoms with Crippen LogP contribution in [0.1, 0.15) is 47.5 Å². The van der Waals surface area contributed by atoms with Crippen molar-refractivity contribution in [1.82, 2.24) is 4.67 Å². The van der Waals surface area contributed by atoms with Gasteiger partial charge in [-0.3, -0.25) is 9.36 Å². The highest BCUT2D eigenvalue weighted by molar-refractivity contribution is 7.57. The fraction of sp³-hybridized carbons (Fsp3) is 0.938. The molecule has 1 saturated heterocycles. The van der Waals surface area contributed by atoms with Crippen LogP contribution in [0.4, 0.5) is 0 Å². The van der Waals surface area contributed by atoms with Gasteiger partial charge < -0.3 is 9.26 Å². The van der Waals surface area contributed by atoms with Crippen LogP contribution in [0.25, 0.3) is 0 Å². The molecule has 0 aromatic heterocycles. The standard InChI is InChI=1S/C16H28NO4P/c1-10(2)17-13-11-7-8-16(5,15(11,3)4)14(13)21-22(17,19)9-12(18)20-6/h10-11,13-14H,7-9H2,1-6H3/t11?,13?,14?,16?,22-/m1/s1. The number of fused-ring (bicyclic) bond motifs is 5. The lowest BCUT2D eigenvalue weighted by Crippen LogP contribution is -2.44. The molecule has 0 spiro atoms. The second-order valence-electron chi connectivity index (χ2n) is 8.15. The molecule has 2 saturated carbocycles. The molecule has 0 aromatic carbocycles. The lowest BCUT2D eigenvalue weighted by molar-refractivity contribution is -0.137. The molecule has 0 radical (unpaired) electrons. The molecule has 2 aliphatic carbocycles. The van der Waals surface area contributed by atoms with E-state index in [-0.39, 0.29) is 35.2 Å². The van der Waals surface area contributed by atoms with Gasteiger partial charge in [-0.25, -0.2) is 4.67 Å². The molecule has 22 heavy (non-hydrogen) atoms. The van der Waals surface area contributed by atoms with Gasteiger partial charge in [0.05, 0.1) is 13.2 Å². The minimum Gasteiger partial charge on any atom is -0.469 e. The molecule has 3 rings (SSSR count). The van der Waals surface area contributed by atoms with Crippen LogP contribution in [-0.4, -0.2) is 42.1 Å².